The average Bonchev–Trinajstić information content (AvgIpc) is 2.76. The predicted molar refractivity (Wildman–Crippen MR) is 124 cm³/mol. The zero-order chi connectivity index (χ0) is 24.6. The van der Waals surface area contributed by atoms with Crippen LogP contribution in [-0.2, 0) is 26.3 Å². The Morgan fingerprint density at radius 3 is 2.30 bits per heavy atom. The summed E-state index contributed by atoms with van der Waals surface area (Å²) in [7, 11) is -4.60. The quantitative estimate of drug-likeness (QED) is 0.349. The van der Waals surface area contributed by atoms with Crippen molar-refractivity contribution in [2.75, 3.05) is 0 Å². The van der Waals surface area contributed by atoms with Crippen LogP contribution in [0.5, 0.6) is 0 Å². The number of carbonyl (C=O) groups is 2. The number of ketones is 1. The maximum Gasteiger partial charge on any atom is 0.408 e. The normalized spacial score (nSPS) is 18.8. The molecule has 4 atom stereocenters. The molecule has 0 saturated heterocycles. The van der Waals surface area contributed by atoms with E-state index in [1.165, 1.54) is 0 Å². The summed E-state index contributed by atoms with van der Waals surface area (Å²) in [6, 6.07) is 6.37. The second kappa shape index (κ2) is 12.5. The van der Waals surface area contributed by atoms with Crippen LogP contribution in [0.25, 0.3) is 0 Å². The van der Waals surface area contributed by atoms with Crippen LogP contribution in [0, 0.1) is 11.8 Å². The van der Waals surface area contributed by atoms with Crippen molar-refractivity contribution in [3.63, 3.8) is 0 Å². The fourth-order valence-corrected chi connectivity index (χ4v) is 5.72. The summed E-state index contributed by atoms with van der Waals surface area (Å²) in [5.74, 6) is -1.27. The van der Waals surface area contributed by atoms with E-state index in [0.717, 1.165) is 24.8 Å². The molecule has 0 spiro atoms. The van der Waals surface area contributed by atoms with Crippen LogP contribution in [-0.4, -0.2) is 53.4 Å². The second-order valence-corrected chi connectivity index (χ2v) is 10.8. The molecule has 33 heavy (non-hydrogen) atoms. The van der Waals surface area contributed by atoms with Crippen molar-refractivity contribution in [3.05, 3.63) is 35.9 Å². The van der Waals surface area contributed by atoms with Crippen molar-refractivity contribution < 1.29 is 32.4 Å². The Balaban J connectivity index is 2.10. The number of carbonyl (C=O) groups excluding carboxylic acids is 2. The third-order valence-electron chi connectivity index (χ3n) is 6.05. The molecular weight excluding hydrogens is 448 g/mol. The molecule has 1 aromatic rings. The Morgan fingerprint density at radius 2 is 1.76 bits per heavy atom. The van der Waals surface area contributed by atoms with Gasteiger partial charge >= 0.3 is 6.09 Å². The molecule has 3 unspecified atom stereocenters. The van der Waals surface area contributed by atoms with Crippen LogP contribution in [0.3, 0.4) is 0 Å². The fourth-order valence-electron chi connectivity index (χ4n) is 4.42. The SMILES string of the molecule is CC(C)C[C@H](NC(=O)OCc1ccccc1)C(=O)C(O)C(N)C(C1CCCCC1)S(=O)(=O)O. The molecule has 0 aliphatic heterocycles. The van der Waals surface area contributed by atoms with Crippen LogP contribution in [0.4, 0.5) is 4.79 Å². The lowest BCUT2D eigenvalue weighted by Crippen LogP contribution is -2.58. The summed E-state index contributed by atoms with van der Waals surface area (Å²) in [5.41, 5.74) is 6.83. The number of hydrogen-bond acceptors (Lipinski definition) is 7. The van der Waals surface area contributed by atoms with E-state index in [4.69, 9.17) is 10.5 Å². The molecule has 1 fully saturated rings. The highest BCUT2D eigenvalue weighted by Gasteiger charge is 2.44. The topological polar surface area (TPSA) is 156 Å². The number of benzene rings is 1. The predicted octanol–water partition coefficient (Wildman–Crippen LogP) is 2.42. The summed E-state index contributed by atoms with van der Waals surface area (Å²) < 4.78 is 39.2. The van der Waals surface area contributed by atoms with Gasteiger partial charge in [-0.3, -0.25) is 9.35 Å². The zero-order valence-corrected chi connectivity index (χ0v) is 20.0. The van der Waals surface area contributed by atoms with Gasteiger partial charge in [0.1, 0.15) is 18.0 Å². The van der Waals surface area contributed by atoms with Crippen molar-refractivity contribution in [2.24, 2.45) is 17.6 Å². The van der Waals surface area contributed by atoms with E-state index in [9.17, 15) is 27.7 Å². The van der Waals surface area contributed by atoms with E-state index in [0.29, 0.717) is 12.8 Å². The third kappa shape index (κ3) is 8.37. The molecule has 1 aliphatic rings. The molecule has 0 heterocycles. The van der Waals surface area contributed by atoms with Gasteiger partial charge in [-0.25, -0.2) is 4.79 Å². The van der Waals surface area contributed by atoms with Crippen LogP contribution in [0.2, 0.25) is 0 Å². The molecule has 0 bridgehead atoms. The zero-order valence-electron chi connectivity index (χ0n) is 19.2. The van der Waals surface area contributed by atoms with Crippen LogP contribution < -0.4 is 11.1 Å². The van der Waals surface area contributed by atoms with Gasteiger partial charge in [0.05, 0.1) is 12.1 Å². The van der Waals surface area contributed by atoms with E-state index in [1.807, 2.05) is 19.9 Å². The largest absolute Gasteiger partial charge is 0.445 e. The number of aliphatic hydroxyl groups excluding tert-OH is 1. The smallest absolute Gasteiger partial charge is 0.408 e. The summed E-state index contributed by atoms with van der Waals surface area (Å²) >= 11 is 0. The molecule has 1 aliphatic carbocycles. The fraction of sp³-hybridized carbons (Fsp3) is 0.652. The Bertz CT molecular complexity index is 870. The number of Topliss-reactive ketones (excluding diaryl/α,β-unsaturated/α-hetero) is 1. The molecule has 0 aromatic heterocycles. The van der Waals surface area contributed by atoms with E-state index in [2.05, 4.69) is 5.32 Å². The molecule has 186 valence electrons. The van der Waals surface area contributed by atoms with E-state index < -0.39 is 51.4 Å². The lowest BCUT2D eigenvalue weighted by Gasteiger charge is -2.34. The monoisotopic (exact) mass is 484 g/mol. The first-order valence-corrected chi connectivity index (χ1v) is 12.9. The number of rotatable bonds is 11. The van der Waals surface area contributed by atoms with E-state index in [1.54, 1.807) is 24.3 Å². The second-order valence-electron chi connectivity index (χ2n) is 9.19. The van der Waals surface area contributed by atoms with Gasteiger partial charge in [0.25, 0.3) is 10.1 Å². The number of nitrogens with two attached hydrogens (primary N) is 1. The first-order valence-electron chi connectivity index (χ1n) is 11.4. The average molecular weight is 485 g/mol. The molecule has 2 rings (SSSR count). The highest BCUT2D eigenvalue weighted by molar-refractivity contribution is 7.86. The van der Waals surface area contributed by atoms with Gasteiger partial charge in [-0.2, -0.15) is 8.42 Å². The number of aliphatic hydroxyl groups is 1. The van der Waals surface area contributed by atoms with Crippen molar-refractivity contribution in [3.8, 4) is 0 Å². The maximum absolute atomic E-state index is 13.1. The van der Waals surface area contributed by atoms with Crippen molar-refractivity contribution >= 4 is 22.0 Å². The molecule has 5 N–H and O–H groups in total. The lowest BCUT2D eigenvalue weighted by atomic mass is 9.82. The van der Waals surface area contributed by atoms with Gasteiger partial charge in [0, 0.05) is 0 Å². The Labute approximate surface area is 195 Å². The molecule has 10 heteroatoms. The summed E-state index contributed by atoms with van der Waals surface area (Å²) in [4.78, 5) is 25.4. The number of nitrogens with one attached hydrogen (secondary N) is 1. The molecule has 1 amide bonds. The minimum Gasteiger partial charge on any atom is -0.445 e. The van der Waals surface area contributed by atoms with Crippen LogP contribution >= 0.6 is 0 Å². The first-order chi connectivity index (χ1) is 15.5. The van der Waals surface area contributed by atoms with Crippen LogP contribution in [0.15, 0.2) is 30.3 Å². The highest BCUT2D eigenvalue weighted by Crippen LogP contribution is 2.32. The summed E-state index contributed by atoms with van der Waals surface area (Å²) in [5, 5.41) is 11.7. The maximum atomic E-state index is 13.1. The molecule has 9 nitrogen and oxygen atoms in total. The Kier molecular flexibility index (Phi) is 10.3. The lowest BCUT2D eigenvalue weighted by molar-refractivity contribution is -0.130. The number of hydrogen-bond donors (Lipinski definition) is 4. The minimum absolute atomic E-state index is 0.00381. The van der Waals surface area contributed by atoms with Gasteiger partial charge in [-0.1, -0.05) is 63.4 Å². The van der Waals surface area contributed by atoms with Gasteiger partial charge in [-0.15, -0.1) is 0 Å². The third-order valence-corrected chi connectivity index (χ3v) is 7.44. The Morgan fingerprint density at radius 1 is 1.15 bits per heavy atom. The van der Waals surface area contributed by atoms with E-state index >= 15 is 0 Å². The minimum atomic E-state index is -4.60. The van der Waals surface area contributed by atoms with Crippen molar-refractivity contribution in [1.82, 2.24) is 5.32 Å². The van der Waals surface area contributed by atoms with Gasteiger partial charge in [-0.05, 0) is 36.7 Å². The summed E-state index contributed by atoms with van der Waals surface area (Å²) in [6.07, 6.45) is 1.10. The highest BCUT2D eigenvalue weighted by atomic mass is 32.2. The molecule has 1 saturated carbocycles. The van der Waals surface area contributed by atoms with E-state index in [-0.39, 0.29) is 18.9 Å². The molecule has 0 radical (unpaired) electrons. The van der Waals surface area contributed by atoms with Crippen molar-refractivity contribution in [1.29, 1.82) is 0 Å². The van der Waals surface area contributed by atoms with Gasteiger partial charge in [0.2, 0.25) is 0 Å². The van der Waals surface area contributed by atoms with Crippen LogP contribution in [0.1, 0.15) is 57.9 Å². The number of amides is 1. The number of ether oxygens (including phenoxy) is 1. The first kappa shape index (κ1) is 27.2. The van der Waals surface area contributed by atoms with Gasteiger partial charge < -0.3 is 20.9 Å². The summed E-state index contributed by atoms with van der Waals surface area (Å²) in [6.45, 7) is 3.68. The molecular formula is C23H36N2O7S. The van der Waals surface area contributed by atoms with Gasteiger partial charge in [0.15, 0.2) is 5.78 Å². The van der Waals surface area contributed by atoms with Crippen molar-refractivity contribution in [2.45, 2.75) is 82.4 Å². The Hall–Kier alpha value is -2.01. The standard InChI is InChI=1S/C23H36N2O7S/c1-15(2)13-18(25-23(28)32-14-16-9-5-3-6-10-16)20(26)21(27)19(24)22(33(29,30)31)17-11-7-4-8-12-17/h3,5-6,9-10,15,17-19,21-22,27H,4,7-8,11-14,24H2,1-2H3,(H,25,28)(H,29,30,31)/t18-,19?,21?,22?/m0/s1. The number of alkyl carbamates (subject to hydrolysis) is 1. The molecule has 1 aromatic carbocycles.